The third-order valence-corrected chi connectivity index (χ3v) is 4.05. The largest absolute Gasteiger partial charge is 0.369 e. The van der Waals surface area contributed by atoms with Gasteiger partial charge in [0.25, 0.3) is 5.91 Å². The van der Waals surface area contributed by atoms with Gasteiger partial charge in [-0.3, -0.25) is 9.69 Å². The van der Waals surface area contributed by atoms with E-state index in [-0.39, 0.29) is 11.9 Å². The fourth-order valence-electron chi connectivity index (χ4n) is 2.87. The lowest BCUT2D eigenvalue weighted by atomic mass is 10.2. The minimum Gasteiger partial charge on any atom is -0.369 e. The zero-order chi connectivity index (χ0) is 16.1. The van der Waals surface area contributed by atoms with Crippen molar-refractivity contribution in [2.45, 2.75) is 13.0 Å². The third kappa shape index (κ3) is 4.07. The van der Waals surface area contributed by atoms with Crippen molar-refractivity contribution in [1.29, 1.82) is 0 Å². The molecule has 2 heterocycles. The summed E-state index contributed by atoms with van der Waals surface area (Å²) in [6, 6.07) is 10.6. The van der Waals surface area contributed by atoms with Crippen LogP contribution in [0.5, 0.6) is 0 Å². The molecule has 1 atom stereocenters. The Morgan fingerprint density at radius 3 is 2.65 bits per heavy atom. The second kappa shape index (κ2) is 7.23. The van der Waals surface area contributed by atoms with Crippen molar-refractivity contribution in [2.24, 2.45) is 0 Å². The van der Waals surface area contributed by atoms with Crippen molar-refractivity contribution < 1.29 is 4.79 Å². The molecule has 1 amide bonds. The maximum atomic E-state index is 11.9. The van der Waals surface area contributed by atoms with Crippen molar-refractivity contribution in [3.05, 3.63) is 42.2 Å². The Balaban J connectivity index is 1.44. The number of benzene rings is 1. The van der Waals surface area contributed by atoms with E-state index in [1.54, 1.807) is 0 Å². The van der Waals surface area contributed by atoms with Gasteiger partial charge in [0.05, 0.1) is 6.20 Å². The standard InChI is InChI=1S/C16H22N6O/c1-13(18-16(23)15-11-17-20-19-15)12-21-7-9-22(10-8-21)14-5-3-2-4-6-14/h2-6,11,13H,7-10,12H2,1H3,(H,18,23)(H,17,19,20)/t13-/m1/s1. The Hall–Kier alpha value is -2.41. The molecule has 0 unspecified atom stereocenters. The number of carbonyl (C=O) groups is 1. The molecule has 0 bridgehead atoms. The van der Waals surface area contributed by atoms with Gasteiger partial charge in [0.1, 0.15) is 0 Å². The van der Waals surface area contributed by atoms with Crippen molar-refractivity contribution in [1.82, 2.24) is 25.6 Å². The number of H-pyrrole nitrogens is 1. The zero-order valence-electron chi connectivity index (χ0n) is 13.3. The number of rotatable bonds is 5. The van der Waals surface area contributed by atoms with Gasteiger partial charge in [-0.15, -0.1) is 0 Å². The highest BCUT2D eigenvalue weighted by Crippen LogP contribution is 2.15. The Bertz CT molecular complexity index is 607. The molecule has 0 saturated carbocycles. The van der Waals surface area contributed by atoms with E-state index < -0.39 is 0 Å². The Kier molecular flexibility index (Phi) is 4.87. The number of para-hydroxylation sites is 1. The lowest BCUT2D eigenvalue weighted by Gasteiger charge is -2.37. The second-order valence-corrected chi connectivity index (χ2v) is 5.85. The molecule has 3 rings (SSSR count). The third-order valence-electron chi connectivity index (χ3n) is 4.05. The first-order valence-corrected chi connectivity index (χ1v) is 7.91. The van der Waals surface area contributed by atoms with E-state index in [0.717, 1.165) is 32.7 Å². The number of aromatic nitrogens is 3. The molecule has 7 nitrogen and oxygen atoms in total. The molecule has 0 aliphatic carbocycles. The lowest BCUT2D eigenvalue weighted by Crippen LogP contribution is -2.50. The molecular weight excluding hydrogens is 292 g/mol. The Morgan fingerprint density at radius 1 is 1.26 bits per heavy atom. The van der Waals surface area contributed by atoms with E-state index in [4.69, 9.17) is 0 Å². The highest BCUT2D eigenvalue weighted by atomic mass is 16.2. The molecule has 0 radical (unpaired) electrons. The minimum atomic E-state index is -0.186. The predicted octanol–water partition coefficient (Wildman–Crippen LogP) is 0.745. The molecule has 1 aliphatic heterocycles. The molecule has 1 aromatic heterocycles. The quantitative estimate of drug-likeness (QED) is 0.851. The van der Waals surface area contributed by atoms with E-state index in [2.05, 4.69) is 54.8 Å². The summed E-state index contributed by atoms with van der Waals surface area (Å²) in [5.74, 6) is -0.186. The number of carbonyl (C=O) groups excluding carboxylic acids is 1. The van der Waals surface area contributed by atoms with E-state index in [1.165, 1.54) is 11.9 Å². The summed E-state index contributed by atoms with van der Waals surface area (Å²) in [6.07, 6.45) is 1.43. The second-order valence-electron chi connectivity index (χ2n) is 5.85. The number of nitrogens with zero attached hydrogens (tertiary/aromatic N) is 4. The molecule has 2 N–H and O–H groups in total. The van der Waals surface area contributed by atoms with E-state index >= 15 is 0 Å². The molecule has 1 aromatic carbocycles. The molecule has 2 aromatic rings. The number of hydrogen-bond acceptors (Lipinski definition) is 5. The first kappa shape index (κ1) is 15.5. The number of hydrogen-bond donors (Lipinski definition) is 2. The van der Waals surface area contributed by atoms with Gasteiger partial charge in [0.2, 0.25) is 0 Å². The van der Waals surface area contributed by atoms with Crippen LogP contribution in [0.1, 0.15) is 17.4 Å². The fourth-order valence-corrected chi connectivity index (χ4v) is 2.87. The summed E-state index contributed by atoms with van der Waals surface area (Å²) in [7, 11) is 0. The number of amides is 1. The molecule has 7 heteroatoms. The summed E-state index contributed by atoms with van der Waals surface area (Å²) in [6.45, 7) is 6.87. The molecular formula is C16H22N6O. The molecule has 122 valence electrons. The van der Waals surface area contributed by atoms with Gasteiger partial charge in [-0.2, -0.15) is 15.4 Å². The Labute approximate surface area is 135 Å². The highest BCUT2D eigenvalue weighted by molar-refractivity contribution is 5.91. The van der Waals surface area contributed by atoms with E-state index in [1.807, 2.05) is 13.0 Å². The fraction of sp³-hybridized carbons (Fsp3) is 0.438. The number of aromatic amines is 1. The van der Waals surface area contributed by atoms with Crippen molar-refractivity contribution in [3.8, 4) is 0 Å². The highest BCUT2D eigenvalue weighted by Gasteiger charge is 2.20. The normalized spacial score (nSPS) is 17.0. The van der Waals surface area contributed by atoms with Gasteiger partial charge in [-0.05, 0) is 19.1 Å². The summed E-state index contributed by atoms with van der Waals surface area (Å²) >= 11 is 0. The van der Waals surface area contributed by atoms with Crippen LogP contribution in [0.4, 0.5) is 5.69 Å². The summed E-state index contributed by atoms with van der Waals surface area (Å²) in [5.41, 5.74) is 1.60. The molecule has 23 heavy (non-hydrogen) atoms. The predicted molar refractivity (Wildman–Crippen MR) is 88.4 cm³/mol. The van der Waals surface area contributed by atoms with Gasteiger partial charge < -0.3 is 10.2 Å². The number of nitrogens with one attached hydrogen (secondary N) is 2. The average molecular weight is 314 g/mol. The van der Waals surface area contributed by atoms with Crippen LogP contribution >= 0.6 is 0 Å². The van der Waals surface area contributed by atoms with E-state index in [0.29, 0.717) is 5.69 Å². The van der Waals surface area contributed by atoms with Crippen LogP contribution in [-0.2, 0) is 0 Å². The lowest BCUT2D eigenvalue weighted by molar-refractivity contribution is 0.0923. The monoisotopic (exact) mass is 314 g/mol. The maximum absolute atomic E-state index is 11.9. The minimum absolute atomic E-state index is 0.0717. The van der Waals surface area contributed by atoms with Crippen molar-refractivity contribution in [2.75, 3.05) is 37.6 Å². The summed E-state index contributed by atoms with van der Waals surface area (Å²) in [5, 5.41) is 12.8. The number of anilines is 1. The molecule has 1 saturated heterocycles. The topological polar surface area (TPSA) is 77.1 Å². The maximum Gasteiger partial charge on any atom is 0.273 e. The van der Waals surface area contributed by atoms with Gasteiger partial charge in [-0.1, -0.05) is 18.2 Å². The van der Waals surface area contributed by atoms with Crippen LogP contribution in [0.25, 0.3) is 0 Å². The average Bonchev–Trinajstić information content (AvgIpc) is 3.11. The first-order valence-electron chi connectivity index (χ1n) is 7.91. The van der Waals surface area contributed by atoms with Crippen LogP contribution in [0, 0.1) is 0 Å². The number of piperazine rings is 1. The van der Waals surface area contributed by atoms with Crippen LogP contribution in [0.3, 0.4) is 0 Å². The van der Waals surface area contributed by atoms with Gasteiger partial charge in [0.15, 0.2) is 5.69 Å². The molecule has 1 aliphatic rings. The first-order chi connectivity index (χ1) is 11.2. The zero-order valence-corrected chi connectivity index (χ0v) is 13.3. The van der Waals surface area contributed by atoms with Crippen LogP contribution in [-0.4, -0.2) is 65.0 Å². The smallest absolute Gasteiger partial charge is 0.273 e. The van der Waals surface area contributed by atoms with Crippen molar-refractivity contribution in [3.63, 3.8) is 0 Å². The van der Waals surface area contributed by atoms with Crippen LogP contribution < -0.4 is 10.2 Å². The SMILES string of the molecule is C[C@H](CN1CCN(c2ccccc2)CC1)NC(=O)c1cn[nH]n1. The van der Waals surface area contributed by atoms with Gasteiger partial charge in [0, 0.05) is 44.5 Å². The van der Waals surface area contributed by atoms with Crippen molar-refractivity contribution >= 4 is 11.6 Å². The molecule has 1 fully saturated rings. The summed E-state index contributed by atoms with van der Waals surface area (Å²) < 4.78 is 0. The van der Waals surface area contributed by atoms with E-state index in [9.17, 15) is 4.79 Å². The van der Waals surface area contributed by atoms with Crippen LogP contribution in [0.15, 0.2) is 36.5 Å². The van der Waals surface area contributed by atoms with Gasteiger partial charge >= 0.3 is 0 Å². The Morgan fingerprint density at radius 2 is 2.00 bits per heavy atom. The van der Waals surface area contributed by atoms with Gasteiger partial charge in [-0.25, -0.2) is 0 Å². The summed E-state index contributed by atoms with van der Waals surface area (Å²) in [4.78, 5) is 16.7. The molecule has 0 spiro atoms. The van der Waals surface area contributed by atoms with Crippen LogP contribution in [0.2, 0.25) is 0 Å².